The molecule has 0 atom stereocenters. The second-order valence-electron chi connectivity index (χ2n) is 4.59. The van der Waals surface area contributed by atoms with Crippen molar-refractivity contribution in [3.8, 4) is 23.3 Å². The molecule has 0 amide bonds. The maximum absolute atomic E-state index is 10.8. The minimum absolute atomic E-state index is 0.334. The lowest BCUT2D eigenvalue weighted by molar-refractivity contribution is 0.112. The largest absolute Gasteiger partial charge is 0.490 e. The molecule has 0 unspecified atom stereocenters. The van der Waals surface area contributed by atoms with Crippen molar-refractivity contribution in [2.75, 3.05) is 19.8 Å². The lowest BCUT2D eigenvalue weighted by Crippen LogP contribution is -2.10. The number of carbonyl (C=O) groups is 1. The lowest BCUT2D eigenvalue weighted by atomic mass is 10.2. The monoisotopic (exact) mass is 311 g/mol. The SMILES string of the molecule is CCOc1cc(C=O)ccc1OCCOc1ccc(C#N)cc1. The number of aldehydes is 1. The number of hydrogen-bond donors (Lipinski definition) is 0. The molecule has 0 aliphatic carbocycles. The van der Waals surface area contributed by atoms with Gasteiger partial charge in [0.05, 0.1) is 18.2 Å². The molecule has 0 saturated heterocycles. The van der Waals surface area contributed by atoms with E-state index in [1.165, 1.54) is 0 Å². The minimum Gasteiger partial charge on any atom is -0.490 e. The summed E-state index contributed by atoms with van der Waals surface area (Å²) in [5, 5.41) is 8.73. The van der Waals surface area contributed by atoms with E-state index >= 15 is 0 Å². The van der Waals surface area contributed by atoms with E-state index in [4.69, 9.17) is 19.5 Å². The Bertz CT molecular complexity index is 689. The second kappa shape index (κ2) is 8.44. The van der Waals surface area contributed by atoms with Crippen LogP contribution in [-0.4, -0.2) is 26.1 Å². The summed E-state index contributed by atoms with van der Waals surface area (Å²) in [5.41, 5.74) is 1.12. The van der Waals surface area contributed by atoms with Gasteiger partial charge < -0.3 is 14.2 Å². The number of carbonyl (C=O) groups excluding carboxylic acids is 1. The van der Waals surface area contributed by atoms with Gasteiger partial charge in [-0.2, -0.15) is 5.26 Å². The summed E-state index contributed by atoms with van der Waals surface area (Å²) in [4.78, 5) is 10.8. The summed E-state index contributed by atoms with van der Waals surface area (Å²) in [7, 11) is 0. The highest BCUT2D eigenvalue weighted by Crippen LogP contribution is 2.28. The zero-order chi connectivity index (χ0) is 16.5. The van der Waals surface area contributed by atoms with Crippen LogP contribution in [0.15, 0.2) is 42.5 Å². The zero-order valence-electron chi connectivity index (χ0n) is 12.8. The van der Waals surface area contributed by atoms with Crippen LogP contribution in [0.5, 0.6) is 17.2 Å². The molecule has 0 spiro atoms. The molecular formula is C18H17NO4. The average molecular weight is 311 g/mol. The Morgan fingerprint density at radius 2 is 1.74 bits per heavy atom. The molecule has 5 nitrogen and oxygen atoms in total. The highest BCUT2D eigenvalue weighted by molar-refractivity contribution is 5.76. The van der Waals surface area contributed by atoms with Gasteiger partial charge in [-0.25, -0.2) is 0 Å². The van der Waals surface area contributed by atoms with Crippen molar-refractivity contribution in [3.63, 3.8) is 0 Å². The van der Waals surface area contributed by atoms with Gasteiger partial charge in [-0.05, 0) is 49.4 Å². The normalized spacial score (nSPS) is 9.74. The van der Waals surface area contributed by atoms with E-state index in [9.17, 15) is 4.79 Å². The van der Waals surface area contributed by atoms with Gasteiger partial charge >= 0.3 is 0 Å². The molecule has 23 heavy (non-hydrogen) atoms. The van der Waals surface area contributed by atoms with Crippen LogP contribution in [0.25, 0.3) is 0 Å². The summed E-state index contributed by atoms with van der Waals surface area (Å²) in [6.45, 7) is 3.04. The molecule has 2 rings (SSSR count). The van der Waals surface area contributed by atoms with E-state index in [0.717, 1.165) is 6.29 Å². The van der Waals surface area contributed by atoms with Crippen LogP contribution >= 0.6 is 0 Å². The number of benzene rings is 2. The van der Waals surface area contributed by atoms with E-state index in [1.807, 2.05) is 6.92 Å². The molecule has 2 aromatic carbocycles. The minimum atomic E-state index is 0.334. The fourth-order valence-electron chi connectivity index (χ4n) is 1.92. The molecule has 0 bridgehead atoms. The summed E-state index contributed by atoms with van der Waals surface area (Å²) >= 11 is 0. The van der Waals surface area contributed by atoms with Crippen molar-refractivity contribution in [1.82, 2.24) is 0 Å². The molecule has 0 radical (unpaired) electrons. The Hall–Kier alpha value is -3.00. The third-order valence-corrected chi connectivity index (χ3v) is 3.00. The molecule has 0 saturated carbocycles. The number of nitrogens with zero attached hydrogens (tertiary/aromatic N) is 1. The van der Waals surface area contributed by atoms with Crippen LogP contribution < -0.4 is 14.2 Å². The van der Waals surface area contributed by atoms with Gasteiger partial charge in [0.2, 0.25) is 0 Å². The van der Waals surface area contributed by atoms with Crippen LogP contribution in [0.4, 0.5) is 0 Å². The van der Waals surface area contributed by atoms with E-state index in [0.29, 0.717) is 48.2 Å². The van der Waals surface area contributed by atoms with Crippen molar-refractivity contribution in [1.29, 1.82) is 5.26 Å². The summed E-state index contributed by atoms with van der Waals surface area (Å²) in [6, 6.07) is 13.9. The Kier molecular flexibility index (Phi) is 6.01. The maximum Gasteiger partial charge on any atom is 0.161 e. The summed E-state index contributed by atoms with van der Waals surface area (Å²) in [6.07, 6.45) is 0.764. The van der Waals surface area contributed by atoms with Gasteiger partial charge in [0, 0.05) is 5.56 Å². The van der Waals surface area contributed by atoms with Crippen molar-refractivity contribution in [3.05, 3.63) is 53.6 Å². The van der Waals surface area contributed by atoms with Crippen molar-refractivity contribution < 1.29 is 19.0 Å². The number of rotatable bonds is 8. The molecular weight excluding hydrogens is 294 g/mol. The summed E-state index contributed by atoms with van der Waals surface area (Å²) in [5.74, 6) is 1.78. The maximum atomic E-state index is 10.8. The smallest absolute Gasteiger partial charge is 0.161 e. The van der Waals surface area contributed by atoms with Crippen LogP contribution in [0.3, 0.4) is 0 Å². The van der Waals surface area contributed by atoms with Crippen LogP contribution in [-0.2, 0) is 0 Å². The lowest BCUT2D eigenvalue weighted by Gasteiger charge is -2.13. The van der Waals surface area contributed by atoms with Crippen LogP contribution in [0, 0.1) is 11.3 Å². The van der Waals surface area contributed by atoms with Gasteiger partial charge in [0.1, 0.15) is 25.2 Å². The number of nitriles is 1. The standard InChI is InChI=1S/C18H17NO4/c1-2-21-18-11-15(13-20)5-8-17(18)23-10-9-22-16-6-3-14(12-19)4-7-16/h3-8,11,13H,2,9-10H2,1H3. The first kappa shape index (κ1) is 16.4. The molecule has 5 heteroatoms. The molecule has 0 fully saturated rings. The van der Waals surface area contributed by atoms with Gasteiger partial charge in [-0.1, -0.05) is 0 Å². The van der Waals surface area contributed by atoms with Gasteiger partial charge in [-0.3, -0.25) is 4.79 Å². The van der Waals surface area contributed by atoms with Crippen molar-refractivity contribution in [2.24, 2.45) is 0 Å². The predicted molar refractivity (Wildman–Crippen MR) is 85.1 cm³/mol. The van der Waals surface area contributed by atoms with Gasteiger partial charge in [0.25, 0.3) is 0 Å². The fourth-order valence-corrected chi connectivity index (χ4v) is 1.92. The Balaban J connectivity index is 1.88. The Labute approximate surface area is 135 Å². The molecule has 0 heterocycles. The van der Waals surface area contributed by atoms with Crippen LogP contribution in [0.1, 0.15) is 22.8 Å². The molecule has 0 aromatic heterocycles. The van der Waals surface area contributed by atoms with Crippen molar-refractivity contribution in [2.45, 2.75) is 6.92 Å². The molecule has 0 N–H and O–H groups in total. The Morgan fingerprint density at radius 3 is 2.39 bits per heavy atom. The van der Waals surface area contributed by atoms with Gasteiger partial charge in [-0.15, -0.1) is 0 Å². The van der Waals surface area contributed by atoms with E-state index < -0.39 is 0 Å². The topological polar surface area (TPSA) is 68.6 Å². The first-order valence-electron chi connectivity index (χ1n) is 7.24. The van der Waals surface area contributed by atoms with E-state index in [2.05, 4.69) is 6.07 Å². The van der Waals surface area contributed by atoms with Crippen LogP contribution in [0.2, 0.25) is 0 Å². The second-order valence-corrected chi connectivity index (χ2v) is 4.59. The first-order chi connectivity index (χ1) is 11.3. The number of ether oxygens (including phenoxy) is 3. The number of hydrogen-bond acceptors (Lipinski definition) is 5. The predicted octanol–water partition coefficient (Wildman–Crippen LogP) is 3.23. The fraction of sp³-hybridized carbons (Fsp3) is 0.222. The van der Waals surface area contributed by atoms with Gasteiger partial charge in [0.15, 0.2) is 11.5 Å². The first-order valence-corrected chi connectivity index (χ1v) is 7.24. The Morgan fingerprint density at radius 1 is 1.00 bits per heavy atom. The zero-order valence-corrected chi connectivity index (χ0v) is 12.8. The van der Waals surface area contributed by atoms with E-state index in [-0.39, 0.29) is 0 Å². The molecule has 118 valence electrons. The average Bonchev–Trinajstić information content (AvgIpc) is 2.60. The highest BCUT2D eigenvalue weighted by Gasteiger charge is 2.06. The molecule has 2 aromatic rings. The molecule has 0 aliphatic heterocycles. The third kappa shape index (κ3) is 4.75. The summed E-state index contributed by atoms with van der Waals surface area (Å²) < 4.78 is 16.6. The van der Waals surface area contributed by atoms with E-state index in [1.54, 1.807) is 42.5 Å². The van der Waals surface area contributed by atoms with Crippen molar-refractivity contribution >= 4 is 6.29 Å². The quantitative estimate of drug-likeness (QED) is 0.553. The highest BCUT2D eigenvalue weighted by atomic mass is 16.5. The third-order valence-electron chi connectivity index (χ3n) is 3.00. The molecule has 0 aliphatic rings.